The minimum Gasteiger partial charge on any atom is -0.484 e. The number of thiazole rings is 1. The van der Waals surface area contributed by atoms with E-state index in [-0.39, 0.29) is 31.1 Å². The summed E-state index contributed by atoms with van der Waals surface area (Å²) in [6.07, 6.45) is 3.43. The first kappa shape index (κ1) is 18.3. The summed E-state index contributed by atoms with van der Waals surface area (Å²) in [4.78, 5) is 30.4. The third-order valence-electron chi connectivity index (χ3n) is 3.92. The Labute approximate surface area is 155 Å². The summed E-state index contributed by atoms with van der Waals surface area (Å²) in [5, 5.41) is 4.99. The standard InChI is InChI=1S/C18H21N3O4S/c22-16(20-18-19-8-10-26-18)12-21(11-15-7-4-9-24-15)17(23)13-25-14-5-2-1-3-6-14/h1-3,5-6,8,10,15H,4,7,9,11-13H2,(H,19,20,22)/t15-/m1/s1. The summed E-state index contributed by atoms with van der Waals surface area (Å²) < 4.78 is 11.1. The molecule has 2 amide bonds. The van der Waals surface area contributed by atoms with Crippen LogP contribution in [-0.2, 0) is 14.3 Å². The second-order valence-corrected chi connectivity index (χ2v) is 6.79. The number of rotatable bonds is 8. The Balaban J connectivity index is 1.57. The molecule has 0 saturated carbocycles. The Morgan fingerprint density at radius 1 is 1.35 bits per heavy atom. The van der Waals surface area contributed by atoms with Crippen molar-refractivity contribution in [2.24, 2.45) is 0 Å². The van der Waals surface area contributed by atoms with E-state index in [4.69, 9.17) is 9.47 Å². The predicted octanol–water partition coefficient (Wildman–Crippen LogP) is 2.17. The highest BCUT2D eigenvalue weighted by molar-refractivity contribution is 7.13. The average Bonchev–Trinajstić information content (AvgIpc) is 3.34. The molecule has 0 spiro atoms. The molecule has 1 atom stereocenters. The van der Waals surface area contributed by atoms with Gasteiger partial charge in [-0.05, 0) is 25.0 Å². The number of carbonyl (C=O) groups is 2. The van der Waals surface area contributed by atoms with Gasteiger partial charge in [0, 0.05) is 24.7 Å². The summed E-state index contributed by atoms with van der Waals surface area (Å²) in [5.41, 5.74) is 0. The van der Waals surface area contributed by atoms with Gasteiger partial charge in [0.05, 0.1) is 6.10 Å². The zero-order valence-corrected chi connectivity index (χ0v) is 15.1. The van der Waals surface area contributed by atoms with Gasteiger partial charge in [-0.25, -0.2) is 4.98 Å². The topological polar surface area (TPSA) is 80.8 Å². The van der Waals surface area contributed by atoms with Crippen LogP contribution in [-0.4, -0.2) is 54.1 Å². The molecule has 138 valence electrons. The van der Waals surface area contributed by atoms with Crippen LogP contribution in [0.4, 0.5) is 5.13 Å². The first-order valence-electron chi connectivity index (χ1n) is 8.47. The molecule has 1 aliphatic rings. The first-order valence-corrected chi connectivity index (χ1v) is 9.35. The van der Waals surface area contributed by atoms with Crippen molar-refractivity contribution in [2.45, 2.75) is 18.9 Å². The molecule has 3 rings (SSSR count). The van der Waals surface area contributed by atoms with Gasteiger partial charge in [-0.15, -0.1) is 11.3 Å². The van der Waals surface area contributed by atoms with Crippen LogP contribution in [0.25, 0.3) is 0 Å². The number of ether oxygens (including phenoxy) is 2. The molecule has 0 unspecified atom stereocenters. The largest absolute Gasteiger partial charge is 0.484 e. The molecular formula is C18H21N3O4S. The van der Waals surface area contributed by atoms with Crippen LogP contribution in [0.2, 0.25) is 0 Å². The van der Waals surface area contributed by atoms with Gasteiger partial charge in [0.1, 0.15) is 12.3 Å². The van der Waals surface area contributed by atoms with E-state index in [1.807, 2.05) is 18.2 Å². The minimum atomic E-state index is -0.286. The summed E-state index contributed by atoms with van der Waals surface area (Å²) >= 11 is 1.33. The summed E-state index contributed by atoms with van der Waals surface area (Å²) in [7, 11) is 0. The molecule has 2 heterocycles. The molecule has 1 saturated heterocycles. The van der Waals surface area contributed by atoms with Crippen molar-refractivity contribution in [3.05, 3.63) is 41.9 Å². The Kier molecular flexibility index (Phi) is 6.56. The Morgan fingerprint density at radius 2 is 2.19 bits per heavy atom. The molecule has 0 bridgehead atoms. The zero-order chi connectivity index (χ0) is 18.2. The number of anilines is 1. The van der Waals surface area contributed by atoms with Gasteiger partial charge in [0.25, 0.3) is 5.91 Å². The number of nitrogens with one attached hydrogen (secondary N) is 1. The third-order valence-corrected chi connectivity index (χ3v) is 4.61. The maximum absolute atomic E-state index is 12.6. The number of nitrogens with zero attached hydrogens (tertiary/aromatic N) is 2. The molecule has 26 heavy (non-hydrogen) atoms. The van der Waals surface area contributed by atoms with Gasteiger partial charge in [0.2, 0.25) is 5.91 Å². The average molecular weight is 375 g/mol. The number of para-hydroxylation sites is 1. The lowest BCUT2D eigenvalue weighted by Crippen LogP contribution is -2.44. The summed E-state index contributed by atoms with van der Waals surface area (Å²) in [5.74, 6) is 0.0785. The maximum Gasteiger partial charge on any atom is 0.261 e. The molecule has 8 heteroatoms. The van der Waals surface area contributed by atoms with Crippen LogP contribution in [0.5, 0.6) is 5.75 Å². The highest BCUT2D eigenvalue weighted by Crippen LogP contribution is 2.15. The third kappa shape index (κ3) is 5.53. The van der Waals surface area contributed by atoms with Crippen LogP contribution < -0.4 is 10.1 Å². The normalized spacial score (nSPS) is 16.2. The second-order valence-electron chi connectivity index (χ2n) is 5.90. The van der Waals surface area contributed by atoms with Crippen molar-refractivity contribution in [3.63, 3.8) is 0 Å². The number of amides is 2. The second kappa shape index (κ2) is 9.30. The quantitative estimate of drug-likeness (QED) is 0.765. The maximum atomic E-state index is 12.6. The number of hydrogen-bond donors (Lipinski definition) is 1. The monoisotopic (exact) mass is 375 g/mol. The predicted molar refractivity (Wildman–Crippen MR) is 98.2 cm³/mol. The van der Waals surface area contributed by atoms with Gasteiger partial charge >= 0.3 is 0 Å². The van der Waals surface area contributed by atoms with Crippen LogP contribution >= 0.6 is 11.3 Å². The van der Waals surface area contributed by atoms with Gasteiger partial charge in [-0.2, -0.15) is 0 Å². The van der Waals surface area contributed by atoms with Crippen LogP contribution in [0.3, 0.4) is 0 Å². The van der Waals surface area contributed by atoms with Gasteiger partial charge in [0.15, 0.2) is 11.7 Å². The van der Waals surface area contributed by atoms with Crippen molar-refractivity contribution in [2.75, 3.05) is 31.6 Å². The fraction of sp³-hybridized carbons (Fsp3) is 0.389. The molecule has 7 nitrogen and oxygen atoms in total. The van der Waals surface area contributed by atoms with Crippen molar-refractivity contribution in [1.82, 2.24) is 9.88 Å². The first-order chi connectivity index (χ1) is 12.7. The molecule has 1 aliphatic heterocycles. The van der Waals surface area contributed by atoms with E-state index in [0.717, 1.165) is 12.8 Å². The fourth-order valence-electron chi connectivity index (χ4n) is 2.66. The van der Waals surface area contributed by atoms with Crippen molar-refractivity contribution >= 4 is 28.3 Å². The van der Waals surface area contributed by atoms with Crippen LogP contribution in [0, 0.1) is 0 Å². The van der Waals surface area contributed by atoms with Crippen molar-refractivity contribution in [1.29, 1.82) is 0 Å². The van der Waals surface area contributed by atoms with Crippen molar-refractivity contribution < 1.29 is 19.1 Å². The van der Waals surface area contributed by atoms with Gasteiger partial charge < -0.3 is 19.7 Å². The number of benzene rings is 1. The lowest BCUT2D eigenvalue weighted by atomic mass is 10.2. The van der Waals surface area contributed by atoms with E-state index < -0.39 is 0 Å². The molecule has 0 radical (unpaired) electrons. The number of hydrogen-bond acceptors (Lipinski definition) is 6. The van der Waals surface area contributed by atoms with E-state index in [1.165, 1.54) is 16.2 Å². The zero-order valence-electron chi connectivity index (χ0n) is 14.3. The lowest BCUT2D eigenvalue weighted by molar-refractivity contribution is -0.138. The van der Waals surface area contributed by atoms with Gasteiger partial charge in [-0.3, -0.25) is 9.59 Å². The van der Waals surface area contributed by atoms with E-state index in [2.05, 4.69) is 10.3 Å². The molecule has 1 aromatic heterocycles. The molecular weight excluding hydrogens is 354 g/mol. The number of carbonyl (C=O) groups excluding carboxylic acids is 2. The smallest absolute Gasteiger partial charge is 0.261 e. The van der Waals surface area contributed by atoms with Crippen LogP contribution in [0.15, 0.2) is 41.9 Å². The van der Waals surface area contributed by atoms with Crippen LogP contribution in [0.1, 0.15) is 12.8 Å². The van der Waals surface area contributed by atoms with Gasteiger partial charge in [-0.1, -0.05) is 18.2 Å². The molecule has 1 aromatic carbocycles. The van der Waals surface area contributed by atoms with E-state index >= 15 is 0 Å². The Bertz CT molecular complexity index is 702. The van der Waals surface area contributed by atoms with E-state index in [0.29, 0.717) is 24.0 Å². The Morgan fingerprint density at radius 3 is 2.88 bits per heavy atom. The fourth-order valence-corrected chi connectivity index (χ4v) is 3.20. The highest BCUT2D eigenvalue weighted by atomic mass is 32.1. The van der Waals surface area contributed by atoms with Crippen molar-refractivity contribution in [3.8, 4) is 5.75 Å². The lowest BCUT2D eigenvalue weighted by Gasteiger charge is -2.24. The molecule has 1 N–H and O–H groups in total. The summed E-state index contributed by atoms with van der Waals surface area (Å²) in [6, 6.07) is 9.12. The summed E-state index contributed by atoms with van der Waals surface area (Å²) in [6.45, 7) is 0.887. The molecule has 0 aliphatic carbocycles. The minimum absolute atomic E-state index is 0.0386. The molecule has 1 fully saturated rings. The number of aromatic nitrogens is 1. The van der Waals surface area contributed by atoms with E-state index in [1.54, 1.807) is 23.7 Å². The van der Waals surface area contributed by atoms with E-state index in [9.17, 15) is 9.59 Å². The SMILES string of the molecule is O=C(CN(C[C@H]1CCCO1)C(=O)COc1ccccc1)Nc1nccs1. The highest BCUT2D eigenvalue weighted by Gasteiger charge is 2.25. The Hall–Kier alpha value is -2.45. The molecule has 2 aromatic rings.